The minimum absolute atomic E-state index is 0.0189. The highest BCUT2D eigenvalue weighted by Crippen LogP contribution is 2.75. The average molecular weight is 485 g/mol. The lowest BCUT2D eigenvalue weighted by atomic mass is 9.33. The predicted molar refractivity (Wildman–Crippen MR) is 133 cm³/mol. The number of aliphatic carboxylic acids is 1. The van der Waals surface area contributed by atoms with Crippen LogP contribution in [0.2, 0.25) is 0 Å². The Bertz CT molecular complexity index is 1040. The number of carbonyl (C=O) groups is 3. The van der Waals surface area contributed by atoms with E-state index in [4.69, 9.17) is 0 Å². The summed E-state index contributed by atoms with van der Waals surface area (Å²) in [4.78, 5) is 38.7. The van der Waals surface area contributed by atoms with Gasteiger partial charge in [-0.3, -0.25) is 14.4 Å². The lowest BCUT2D eigenvalue weighted by molar-refractivity contribution is -0.208. The van der Waals surface area contributed by atoms with Crippen LogP contribution in [0, 0.1) is 50.2 Å². The molecule has 0 aromatic carbocycles. The van der Waals surface area contributed by atoms with Gasteiger partial charge in [0.1, 0.15) is 11.6 Å². The molecule has 194 valence electrons. The molecular formula is C30H44O5. The van der Waals surface area contributed by atoms with Gasteiger partial charge in [0, 0.05) is 29.6 Å². The molecule has 0 heterocycles. The number of fused-ring (bicyclic) bond motifs is 7. The van der Waals surface area contributed by atoms with Crippen LogP contribution in [0.4, 0.5) is 0 Å². The SMILES string of the molecule is CC1(C)C[C@H]2C3=C[C@@H](O)[C@@H]4[C@@]5(C)CCC(=O)C(C)(C)[C@@H]5CC[C@@]4(C)[C@]3(C)CC[C@@]2(C(=O)O)CC1=O. The molecule has 5 nitrogen and oxygen atoms in total. The van der Waals surface area contributed by atoms with Crippen molar-refractivity contribution in [1.82, 2.24) is 0 Å². The standard InChI is InChI=1S/C30H44O5/c1-25(2)15-18-17-14-19(31)23-27(5)10-9-21(32)26(3,4)20(27)8-11-29(23,7)28(17,6)12-13-30(18,24(34)35)16-22(25)33/h14,18-20,23,31H,8-13,15-16H2,1-7H3,(H,34,35)/t18-,19+,20-,23+,27-,28+,29+,30+/m0/s1. The Labute approximate surface area is 210 Å². The highest BCUT2D eigenvalue weighted by molar-refractivity contribution is 5.92. The second-order valence-corrected chi connectivity index (χ2v) is 14.8. The zero-order valence-corrected chi connectivity index (χ0v) is 22.7. The number of allylic oxidation sites excluding steroid dienone is 1. The lowest BCUT2D eigenvalue weighted by Crippen LogP contribution is -2.67. The maximum Gasteiger partial charge on any atom is 0.310 e. The average Bonchev–Trinajstić information content (AvgIpc) is 2.73. The minimum Gasteiger partial charge on any atom is -0.481 e. The Kier molecular flexibility index (Phi) is 5.09. The predicted octanol–water partition coefficient (Wildman–Crippen LogP) is 5.59. The van der Waals surface area contributed by atoms with Crippen LogP contribution in [-0.2, 0) is 14.4 Å². The van der Waals surface area contributed by atoms with Gasteiger partial charge in [-0.05, 0) is 66.6 Å². The molecule has 0 aromatic heterocycles. The smallest absolute Gasteiger partial charge is 0.310 e. The second-order valence-electron chi connectivity index (χ2n) is 14.8. The zero-order valence-electron chi connectivity index (χ0n) is 22.7. The van der Waals surface area contributed by atoms with Gasteiger partial charge in [0.25, 0.3) is 0 Å². The van der Waals surface area contributed by atoms with Crippen molar-refractivity contribution in [2.75, 3.05) is 0 Å². The summed E-state index contributed by atoms with van der Waals surface area (Å²) in [6, 6.07) is 0. The van der Waals surface area contributed by atoms with Crippen molar-refractivity contribution < 1.29 is 24.6 Å². The van der Waals surface area contributed by atoms with E-state index in [0.717, 1.165) is 31.3 Å². The topological polar surface area (TPSA) is 91.7 Å². The molecule has 0 saturated heterocycles. The Hall–Kier alpha value is -1.49. The first-order valence-electron chi connectivity index (χ1n) is 13.7. The van der Waals surface area contributed by atoms with E-state index in [1.807, 2.05) is 19.9 Å². The van der Waals surface area contributed by atoms with Crippen molar-refractivity contribution in [2.24, 2.45) is 50.2 Å². The first-order chi connectivity index (χ1) is 16.0. The number of aliphatic hydroxyl groups excluding tert-OH is 1. The van der Waals surface area contributed by atoms with Crippen molar-refractivity contribution >= 4 is 17.5 Å². The summed E-state index contributed by atoms with van der Waals surface area (Å²) in [5.41, 5.74) is -1.53. The number of carbonyl (C=O) groups excluding carboxylic acids is 2. The number of carboxylic acids is 1. The molecule has 0 radical (unpaired) electrons. The van der Waals surface area contributed by atoms with Crippen molar-refractivity contribution in [3.63, 3.8) is 0 Å². The Balaban J connectivity index is 1.66. The summed E-state index contributed by atoms with van der Waals surface area (Å²) in [6.45, 7) is 15.1. The van der Waals surface area contributed by atoms with Gasteiger partial charge >= 0.3 is 5.97 Å². The summed E-state index contributed by atoms with van der Waals surface area (Å²) in [5.74, 6) is -0.466. The normalized spacial score (nSPS) is 50.2. The van der Waals surface area contributed by atoms with Gasteiger partial charge in [0.2, 0.25) is 0 Å². The highest BCUT2D eigenvalue weighted by atomic mass is 16.4. The van der Waals surface area contributed by atoms with Gasteiger partial charge in [-0.1, -0.05) is 60.1 Å². The molecule has 5 aliphatic carbocycles. The van der Waals surface area contributed by atoms with Gasteiger partial charge in [0.05, 0.1) is 11.5 Å². The number of ketones is 2. The van der Waals surface area contributed by atoms with E-state index >= 15 is 0 Å². The number of hydrogen-bond donors (Lipinski definition) is 2. The lowest BCUT2D eigenvalue weighted by Gasteiger charge is -2.71. The molecule has 5 aliphatic rings. The van der Waals surface area contributed by atoms with Crippen molar-refractivity contribution in [2.45, 2.75) is 106 Å². The van der Waals surface area contributed by atoms with Gasteiger partial charge in [0.15, 0.2) is 0 Å². The molecule has 0 unspecified atom stereocenters. The number of Topliss-reactive ketones (excluding diaryl/α,β-unsaturated/α-hetero) is 2. The van der Waals surface area contributed by atoms with Gasteiger partial charge in [-0.15, -0.1) is 0 Å². The van der Waals surface area contributed by atoms with E-state index in [1.54, 1.807) is 0 Å². The van der Waals surface area contributed by atoms with E-state index in [1.165, 1.54) is 0 Å². The van der Waals surface area contributed by atoms with Gasteiger partial charge < -0.3 is 10.2 Å². The van der Waals surface area contributed by atoms with Gasteiger partial charge in [-0.2, -0.15) is 0 Å². The first-order valence-corrected chi connectivity index (χ1v) is 13.7. The molecule has 5 rings (SSSR count). The summed E-state index contributed by atoms with van der Waals surface area (Å²) in [7, 11) is 0. The van der Waals surface area contributed by atoms with E-state index in [9.17, 15) is 24.6 Å². The molecular weight excluding hydrogens is 440 g/mol. The first kappa shape index (κ1) is 25.2. The molecule has 0 amide bonds. The number of carboxylic acid groups (broad SMARTS) is 1. The molecule has 8 atom stereocenters. The van der Waals surface area contributed by atoms with Crippen molar-refractivity contribution in [1.29, 1.82) is 0 Å². The van der Waals surface area contributed by atoms with Crippen LogP contribution in [0.5, 0.6) is 0 Å². The van der Waals surface area contributed by atoms with Crippen LogP contribution in [0.3, 0.4) is 0 Å². The Morgan fingerprint density at radius 1 is 0.943 bits per heavy atom. The molecule has 4 fully saturated rings. The fourth-order valence-corrected chi connectivity index (χ4v) is 10.3. The fraction of sp³-hybridized carbons (Fsp3) is 0.833. The van der Waals surface area contributed by atoms with Crippen LogP contribution in [0.15, 0.2) is 11.6 Å². The quantitative estimate of drug-likeness (QED) is 0.473. The molecule has 5 heteroatoms. The molecule has 0 aromatic rings. The molecule has 2 N–H and O–H groups in total. The van der Waals surface area contributed by atoms with Crippen LogP contribution in [-0.4, -0.2) is 33.9 Å². The van der Waals surface area contributed by atoms with Gasteiger partial charge in [-0.25, -0.2) is 0 Å². The number of rotatable bonds is 1. The zero-order chi connectivity index (χ0) is 26.0. The highest BCUT2D eigenvalue weighted by Gasteiger charge is 2.71. The fourth-order valence-electron chi connectivity index (χ4n) is 10.3. The molecule has 0 spiro atoms. The van der Waals surface area contributed by atoms with Crippen LogP contribution in [0.25, 0.3) is 0 Å². The number of hydrogen-bond acceptors (Lipinski definition) is 4. The maximum atomic E-state index is 13.0. The van der Waals surface area contributed by atoms with Crippen molar-refractivity contribution in [3.05, 3.63) is 11.6 Å². The molecule has 0 aliphatic heterocycles. The Morgan fingerprint density at radius 2 is 1.60 bits per heavy atom. The van der Waals surface area contributed by atoms with Crippen LogP contribution < -0.4 is 0 Å². The summed E-state index contributed by atoms with van der Waals surface area (Å²) in [6.07, 6.45) is 6.43. The third kappa shape index (κ3) is 2.88. The number of aliphatic hydroxyl groups is 1. The van der Waals surface area contributed by atoms with E-state index in [-0.39, 0.29) is 46.2 Å². The minimum atomic E-state index is -1.07. The van der Waals surface area contributed by atoms with E-state index in [0.29, 0.717) is 25.0 Å². The second kappa shape index (κ2) is 7.08. The maximum absolute atomic E-state index is 13.0. The van der Waals surface area contributed by atoms with E-state index < -0.39 is 28.3 Å². The molecule has 0 bridgehead atoms. The molecule has 35 heavy (non-hydrogen) atoms. The third-order valence-corrected chi connectivity index (χ3v) is 12.7. The van der Waals surface area contributed by atoms with Crippen LogP contribution in [0.1, 0.15) is 99.8 Å². The molecule has 4 saturated carbocycles. The largest absolute Gasteiger partial charge is 0.481 e. The Morgan fingerprint density at radius 3 is 2.23 bits per heavy atom. The van der Waals surface area contributed by atoms with Crippen molar-refractivity contribution in [3.8, 4) is 0 Å². The van der Waals surface area contributed by atoms with E-state index in [2.05, 4.69) is 34.6 Å². The summed E-state index contributed by atoms with van der Waals surface area (Å²) < 4.78 is 0. The van der Waals surface area contributed by atoms with Crippen LogP contribution >= 0.6 is 0 Å². The summed E-state index contributed by atoms with van der Waals surface area (Å²) in [5, 5.41) is 22.3. The third-order valence-electron chi connectivity index (χ3n) is 12.7. The monoisotopic (exact) mass is 484 g/mol. The summed E-state index contributed by atoms with van der Waals surface area (Å²) >= 11 is 0.